The van der Waals surface area contributed by atoms with Crippen LogP contribution in [0.2, 0.25) is 0 Å². The van der Waals surface area contributed by atoms with Crippen molar-refractivity contribution in [2.45, 2.75) is 9.79 Å². The minimum absolute atomic E-state index is 0. The monoisotopic (exact) mass is 290 g/mol. The number of benzene rings is 1. The molecule has 11 heteroatoms. The molecule has 0 aliphatic rings. The molecule has 8 nitrogen and oxygen atoms in total. The number of nitrogens with two attached hydrogens (primary N) is 1. The van der Waals surface area contributed by atoms with Gasteiger partial charge in [-0.05, 0) is 18.2 Å². The molecule has 4 N–H and O–H groups in total. The third-order valence-electron chi connectivity index (χ3n) is 1.67. The maximum absolute atomic E-state index is 10.8. The summed E-state index contributed by atoms with van der Waals surface area (Å²) in [6.07, 6.45) is 0. The summed E-state index contributed by atoms with van der Waals surface area (Å²) in [6, 6.07) is 2.23. The summed E-state index contributed by atoms with van der Waals surface area (Å²) in [7, 11) is -9.27. The average molecular weight is 290 g/mol. The van der Waals surface area contributed by atoms with Crippen LogP contribution in [0.1, 0.15) is 0 Å². The van der Waals surface area contributed by atoms with Crippen molar-refractivity contribution in [1.29, 1.82) is 0 Å². The number of rotatable bonds is 3. The predicted molar refractivity (Wildman–Crippen MR) is 52.0 cm³/mol. The van der Waals surface area contributed by atoms with Crippen LogP contribution in [0.15, 0.2) is 28.0 Å². The van der Waals surface area contributed by atoms with E-state index >= 15 is 0 Å². The van der Waals surface area contributed by atoms with E-state index in [4.69, 9.17) is 10.4 Å². The van der Waals surface area contributed by atoms with Gasteiger partial charge in [-0.2, -0.15) is 8.42 Å². The maximum atomic E-state index is 10.8. The van der Waals surface area contributed by atoms with Crippen LogP contribution in [0.3, 0.4) is 0 Å². The molecule has 0 aromatic heterocycles. The largest absolute Gasteiger partial charge is 1.00 e. The summed E-state index contributed by atoms with van der Waals surface area (Å²) >= 11 is 0. The molecule has 0 saturated carbocycles. The Morgan fingerprint density at radius 3 is 2.12 bits per heavy atom. The Hall–Kier alpha value is -0.200. The Morgan fingerprint density at radius 1 is 1.24 bits per heavy atom. The fourth-order valence-electron chi connectivity index (χ4n) is 1.00. The minimum atomic E-state index is -4.72. The van der Waals surface area contributed by atoms with Gasteiger partial charge < -0.3 is 9.98 Å². The van der Waals surface area contributed by atoms with Crippen LogP contribution in [-0.4, -0.2) is 25.9 Å². The number of nitrogens with one attached hydrogen (secondary N) is 1. The van der Waals surface area contributed by atoms with E-state index in [1.165, 1.54) is 0 Å². The van der Waals surface area contributed by atoms with Crippen molar-refractivity contribution >= 4 is 25.9 Å². The van der Waals surface area contributed by atoms with Gasteiger partial charge in [0.25, 0.3) is 10.1 Å². The third kappa shape index (κ3) is 4.19. The van der Waals surface area contributed by atoms with E-state index in [1.807, 2.05) is 5.43 Å². The first-order valence-corrected chi connectivity index (χ1v) is 6.55. The number of nitrogen functional groups attached to an aromatic ring is 1. The second-order valence-corrected chi connectivity index (χ2v) is 5.50. The first-order chi connectivity index (χ1) is 7.16. The van der Waals surface area contributed by atoms with Crippen molar-refractivity contribution in [3.05, 3.63) is 18.2 Å². The van der Waals surface area contributed by atoms with Crippen molar-refractivity contribution in [1.82, 2.24) is 0 Å². The predicted octanol–water partition coefficient (Wildman–Crippen LogP) is -3.87. The van der Waals surface area contributed by atoms with Gasteiger partial charge in [0.15, 0.2) is 0 Å². The van der Waals surface area contributed by atoms with Crippen molar-refractivity contribution in [2.75, 3.05) is 5.43 Å². The summed E-state index contributed by atoms with van der Waals surface area (Å²) in [4.78, 5) is -1.28. The van der Waals surface area contributed by atoms with Crippen molar-refractivity contribution in [3.63, 3.8) is 0 Å². The van der Waals surface area contributed by atoms with E-state index in [9.17, 15) is 21.4 Å². The molecule has 17 heavy (non-hydrogen) atoms. The Morgan fingerprint density at radius 2 is 1.76 bits per heavy atom. The molecule has 0 amide bonds. The molecule has 1 aromatic rings. The molecule has 0 heterocycles. The standard InChI is InChI=1S/C6H8N2O6S2.Na/c7-8-5-3-4(15(9,10)11)1-2-6(5)16(12,13)14;/h1-3,8H,7H2,(H,9,10,11)(H,12,13,14);/q;+1/p-1. The molecule has 0 aliphatic carbocycles. The van der Waals surface area contributed by atoms with Gasteiger partial charge in [-0.15, -0.1) is 0 Å². The van der Waals surface area contributed by atoms with E-state index in [1.54, 1.807) is 0 Å². The van der Waals surface area contributed by atoms with E-state index in [-0.39, 0.29) is 35.2 Å². The zero-order chi connectivity index (χ0) is 12.6. The van der Waals surface area contributed by atoms with Crippen LogP contribution < -0.4 is 40.8 Å². The van der Waals surface area contributed by atoms with Crippen LogP contribution in [0.4, 0.5) is 5.69 Å². The molecule has 1 rings (SSSR count). The first kappa shape index (κ1) is 16.8. The van der Waals surface area contributed by atoms with E-state index < -0.39 is 30.0 Å². The second kappa shape index (κ2) is 5.63. The average Bonchev–Trinajstić information content (AvgIpc) is 2.14. The summed E-state index contributed by atoms with van der Waals surface area (Å²) in [5.41, 5.74) is 1.48. The van der Waals surface area contributed by atoms with Gasteiger partial charge in [-0.25, -0.2) is 8.42 Å². The summed E-state index contributed by atoms with van der Waals surface area (Å²) < 4.78 is 62.2. The normalized spacial score (nSPS) is 11.7. The van der Waals surface area contributed by atoms with E-state index in [0.29, 0.717) is 6.07 Å². The van der Waals surface area contributed by atoms with Crippen LogP contribution in [0, 0.1) is 0 Å². The molecule has 0 fully saturated rings. The van der Waals surface area contributed by atoms with Gasteiger partial charge in [-0.3, -0.25) is 10.4 Å². The zero-order valence-corrected chi connectivity index (χ0v) is 12.2. The van der Waals surface area contributed by atoms with Crippen LogP contribution in [0.5, 0.6) is 0 Å². The fourth-order valence-corrected chi connectivity index (χ4v) is 2.14. The van der Waals surface area contributed by atoms with Crippen molar-refractivity contribution < 1.29 is 55.5 Å². The Bertz CT molecular complexity index is 611. The van der Waals surface area contributed by atoms with Crippen molar-refractivity contribution in [2.24, 2.45) is 5.84 Å². The molecule has 90 valence electrons. The fraction of sp³-hybridized carbons (Fsp3) is 0. The number of anilines is 1. The summed E-state index contributed by atoms with van der Waals surface area (Å²) in [6.45, 7) is 0. The Labute approximate surface area is 120 Å². The SMILES string of the molecule is NNc1cc(S(=O)(=O)[O-])ccc1S(=O)(=O)O.[Na+]. The minimum Gasteiger partial charge on any atom is -0.744 e. The molecule has 0 atom stereocenters. The second-order valence-electron chi connectivity index (χ2n) is 2.73. The molecule has 0 spiro atoms. The number of hydrazine groups is 1. The summed E-state index contributed by atoms with van der Waals surface area (Å²) in [5, 5.41) is 0. The van der Waals surface area contributed by atoms with Gasteiger partial charge >= 0.3 is 29.6 Å². The Balaban J connectivity index is 0.00000256. The zero-order valence-electron chi connectivity index (χ0n) is 8.61. The van der Waals surface area contributed by atoms with E-state index in [0.717, 1.165) is 12.1 Å². The molecule has 0 aliphatic heterocycles. The van der Waals surface area contributed by atoms with E-state index in [2.05, 4.69) is 0 Å². The van der Waals surface area contributed by atoms with Crippen molar-refractivity contribution in [3.8, 4) is 0 Å². The third-order valence-corrected chi connectivity index (χ3v) is 3.42. The topological polar surface area (TPSA) is 150 Å². The van der Waals surface area contributed by atoms with Crippen LogP contribution in [0.25, 0.3) is 0 Å². The first-order valence-electron chi connectivity index (χ1n) is 3.70. The Kier molecular flexibility index (Phi) is 5.56. The molecule has 0 unspecified atom stereocenters. The van der Waals surface area contributed by atoms with Crippen LogP contribution in [-0.2, 0) is 20.2 Å². The molecule has 1 aromatic carbocycles. The smallest absolute Gasteiger partial charge is 0.744 e. The van der Waals surface area contributed by atoms with Gasteiger partial charge in [0.2, 0.25) is 0 Å². The molecule has 0 bridgehead atoms. The molecule has 0 saturated heterocycles. The van der Waals surface area contributed by atoms with Gasteiger partial charge in [0, 0.05) is 0 Å². The maximum Gasteiger partial charge on any atom is 1.00 e. The van der Waals surface area contributed by atoms with Gasteiger partial charge in [-0.1, -0.05) is 0 Å². The molecular formula is C6H7N2NaO6S2. The van der Waals surface area contributed by atoms with Gasteiger partial charge in [0.1, 0.15) is 15.0 Å². The van der Waals surface area contributed by atoms with Gasteiger partial charge in [0.05, 0.1) is 10.6 Å². The molecular weight excluding hydrogens is 283 g/mol. The number of hydrogen-bond donors (Lipinski definition) is 3. The summed E-state index contributed by atoms with van der Waals surface area (Å²) in [5.74, 6) is 4.94. The molecule has 0 radical (unpaired) electrons. The van der Waals surface area contributed by atoms with Crippen LogP contribution >= 0.6 is 0 Å². The number of hydrogen-bond acceptors (Lipinski definition) is 7. The quantitative estimate of drug-likeness (QED) is 0.221.